The van der Waals surface area contributed by atoms with E-state index in [-0.39, 0.29) is 41.2 Å². The van der Waals surface area contributed by atoms with E-state index < -0.39 is 0 Å². The molecule has 2 N–H and O–H groups in total. The summed E-state index contributed by atoms with van der Waals surface area (Å²) in [6, 6.07) is 0. The van der Waals surface area contributed by atoms with Gasteiger partial charge in [-0.15, -0.1) is 0 Å². The van der Waals surface area contributed by atoms with E-state index in [1.54, 1.807) is 0 Å². The Morgan fingerprint density at radius 3 is 0.909 bits per heavy atom. The van der Waals surface area contributed by atoms with Crippen LogP contribution in [0.25, 0.3) is 0 Å². The first-order valence-electron chi connectivity index (χ1n) is 4.46. The molecule has 64 valence electrons. The van der Waals surface area contributed by atoms with Crippen LogP contribution in [-0.2, 0) is 0 Å². The molecule has 0 aliphatic carbocycles. The molecule has 0 amide bonds. The molecule has 0 rings (SSSR count). The molecular formula is C8H22BNaO. The summed E-state index contributed by atoms with van der Waals surface area (Å²) in [6.07, 6.45) is 5.68. The summed E-state index contributed by atoms with van der Waals surface area (Å²) in [4.78, 5) is 0. The van der Waals surface area contributed by atoms with E-state index in [0.717, 1.165) is 0 Å². The monoisotopic (exact) mass is 168 g/mol. The van der Waals surface area contributed by atoms with Gasteiger partial charge in [0.15, 0.2) is 0 Å². The largest absolute Gasteiger partial charge is 1.00 e. The quantitative estimate of drug-likeness (QED) is 0.516. The van der Waals surface area contributed by atoms with Crippen molar-refractivity contribution in [3.63, 3.8) is 0 Å². The third-order valence-corrected chi connectivity index (χ3v) is 3.46. The van der Waals surface area contributed by atoms with Crippen LogP contribution in [0.15, 0.2) is 0 Å². The molecule has 0 saturated carbocycles. The first kappa shape index (κ1) is 17.9. The van der Waals surface area contributed by atoms with Crippen molar-refractivity contribution in [3.05, 3.63) is 0 Å². The molecule has 0 unspecified atom stereocenters. The van der Waals surface area contributed by atoms with Gasteiger partial charge in [0.1, 0.15) is 0 Å². The predicted molar refractivity (Wildman–Crippen MR) is 51.3 cm³/mol. The van der Waals surface area contributed by atoms with E-state index in [0.29, 0.717) is 0 Å². The second-order valence-electron chi connectivity index (χ2n) is 3.37. The second-order valence-corrected chi connectivity index (χ2v) is 3.37. The predicted octanol–water partition coefficient (Wildman–Crippen LogP) is -0.306. The molecule has 0 aliphatic heterocycles. The summed E-state index contributed by atoms with van der Waals surface area (Å²) < 4.78 is 0. The van der Waals surface area contributed by atoms with Crippen LogP contribution < -0.4 is 29.6 Å². The molecule has 0 aromatic carbocycles. The molecule has 0 aliphatic rings. The molecule has 0 bridgehead atoms. The van der Waals surface area contributed by atoms with Crippen molar-refractivity contribution >= 4 is 6.15 Å². The van der Waals surface area contributed by atoms with Gasteiger partial charge in [-0.25, -0.2) is 0 Å². The normalized spacial score (nSPS) is 9.82. The first-order chi connectivity index (χ1) is 4.24. The smallest absolute Gasteiger partial charge is 0.412 e. The molecule has 3 heteroatoms. The zero-order chi connectivity index (χ0) is 7.33. The van der Waals surface area contributed by atoms with Crippen molar-refractivity contribution in [2.75, 3.05) is 0 Å². The van der Waals surface area contributed by atoms with E-state index in [4.69, 9.17) is 0 Å². The molecule has 0 atom stereocenters. The van der Waals surface area contributed by atoms with Gasteiger partial charge in [0.25, 0.3) is 0 Å². The summed E-state index contributed by atoms with van der Waals surface area (Å²) in [6.45, 7) is 9.32. The summed E-state index contributed by atoms with van der Waals surface area (Å²) in [5.74, 6) is 0. The van der Waals surface area contributed by atoms with Crippen molar-refractivity contribution < 1.29 is 35.0 Å². The van der Waals surface area contributed by atoms with Crippen molar-refractivity contribution in [3.8, 4) is 0 Å². The zero-order valence-electron chi connectivity index (χ0n) is 8.91. The van der Waals surface area contributed by atoms with E-state index in [2.05, 4.69) is 27.7 Å². The second kappa shape index (κ2) is 9.12. The summed E-state index contributed by atoms with van der Waals surface area (Å²) >= 11 is 0. The van der Waals surface area contributed by atoms with Crippen molar-refractivity contribution in [2.24, 2.45) is 0 Å². The van der Waals surface area contributed by atoms with Crippen LogP contribution >= 0.6 is 0 Å². The molecule has 0 saturated heterocycles. The minimum Gasteiger partial charge on any atom is -0.412 e. The van der Waals surface area contributed by atoms with Crippen molar-refractivity contribution in [1.82, 2.24) is 0 Å². The average molecular weight is 168 g/mol. The van der Waals surface area contributed by atoms with Gasteiger partial charge in [0.05, 0.1) is 0 Å². The van der Waals surface area contributed by atoms with Gasteiger partial charge in [-0.2, -0.15) is 25.3 Å². The van der Waals surface area contributed by atoms with Gasteiger partial charge in [0, 0.05) is 0 Å². The van der Waals surface area contributed by atoms with Gasteiger partial charge in [-0.3, -0.25) is 0 Å². The number of rotatable bonds is 4. The Balaban J connectivity index is -0.000000320. The fraction of sp³-hybridized carbons (Fsp3) is 1.00. The molecule has 0 aromatic rings. The third kappa shape index (κ3) is 5.29. The van der Waals surface area contributed by atoms with Gasteiger partial charge < -0.3 is 5.48 Å². The van der Waals surface area contributed by atoms with E-state index in [1.807, 2.05) is 0 Å². The Kier molecular flexibility index (Phi) is 14.9. The molecule has 0 spiro atoms. The van der Waals surface area contributed by atoms with Crippen molar-refractivity contribution in [2.45, 2.75) is 53.0 Å². The number of hydrogen-bond donors (Lipinski definition) is 0. The minimum absolute atomic E-state index is 0. The summed E-state index contributed by atoms with van der Waals surface area (Å²) in [5.41, 5.74) is 0. The standard InChI is InChI=1S/C8H20B.Na.H2O/c1-5-9(6-2,7-3)8-4;;/h5-8H2,1-4H3;;1H2/q-1;+1;. The number of hydrogen-bond acceptors (Lipinski definition) is 0. The van der Waals surface area contributed by atoms with Crippen LogP contribution in [0.4, 0.5) is 0 Å². The Morgan fingerprint density at radius 1 is 0.727 bits per heavy atom. The summed E-state index contributed by atoms with van der Waals surface area (Å²) in [5, 5.41) is 0. The maximum absolute atomic E-state index is 2.33. The molecule has 0 aromatic heterocycles. The van der Waals surface area contributed by atoms with Gasteiger partial charge in [0.2, 0.25) is 0 Å². The first-order valence-corrected chi connectivity index (χ1v) is 4.46. The van der Waals surface area contributed by atoms with Crippen LogP contribution in [0.3, 0.4) is 0 Å². The van der Waals surface area contributed by atoms with Crippen LogP contribution in [0.1, 0.15) is 27.7 Å². The van der Waals surface area contributed by atoms with Crippen LogP contribution in [-0.4, -0.2) is 11.6 Å². The van der Waals surface area contributed by atoms with Crippen LogP contribution in [0.5, 0.6) is 0 Å². The van der Waals surface area contributed by atoms with Crippen LogP contribution in [0.2, 0.25) is 25.3 Å². The molecule has 0 radical (unpaired) electrons. The average Bonchev–Trinajstić information content (AvgIpc) is 1.95. The van der Waals surface area contributed by atoms with Gasteiger partial charge in [-0.05, 0) is 6.15 Å². The van der Waals surface area contributed by atoms with Gasteiger partial charge in [-0.1, -0.05) is 27.7 Å². The SMILES string of the molecule is CC[B-](CC)(CC)CC.O.[Na+]. The van der Waals surface area contributed by atoms with Crippen molar-refractivity contribution in [1.29, 1.82) is 0 Å². The maximum Gasteiger partial charge on any atom is 1.00 e. The molecular weight excluding hydrogens is 146 g/mol. The summed E-state index contributed by atoms with van der Waals surface area (Å²) in [7, 11) is 0. The van der Waals surface area contributed by atoms with E-state index in [9.17, 15) is 0 Å². The van der Waals surface area contributed by atoms with Gasteiger partial charge >= 0.3 is 29.6 Å². The van der Waals surface area contributed by atoms with E-state index >= 15 is 0 Å². The fourth-order valence-corrected chi connectivity index (χ4v) is 1.73. The Labute approximate surface area is 93.8 Å². The Hall–Kier alpha value is 1.02. The van der Waals surface area contributed by atoms with E-state index in [1.165, 1.54) is 25.3 Å². The zero-order valence-corrected chi connectivity index (χ0v) is 10.9. The Morgan fingerprint density at radius 2 is 0.909 bits per heavy atom. The fourth-order valence-electron chi connectivity index (χ4n) is 1.73. The Bertz CT molecular complexity index is 57.0. The third-order valence-electron chi connectivity index (χ3n) is 3.46. The molecule has 1 nitrogen and oxygen atoms in total. The molecule has 11 heavy (non-hydrogen) atoms. The van der Waals surface area contributed by atoms with Crippen LogP contribution in [0, 0.1) is 0 Å². The molecule has 0 heterocycles. The topological polar surface area (TPSA) is 31.5 Å². The molecule has 0 fully saturated rings. The minimum atomic E-state index is 0. The maximum atomic E-state index is 2.33.